The van der Waals surface area contributed by atoms with Crippen LogP contribution in [0.5, 0.6) is 0 Å². The fourth-order valence-corrected chi connectivity index (χ4v) is 1.49. The third-order valence-corrected chi connectivity index (χ3v) is 2.89. The molecule has 0 aromatic carbocycles. The monoisotopic (exact) mass is 185 g/mol. The Balaban J connectivity index is 2.34. The Kier molecular flexibility index (Phi) is 2.96. The lowest BCUT2D eigenvalue weighted by atomic mass is 10.1. The molecule has 0 aromatic rings. The number of carbonyl (C=O) groups excluding carboxylic acids is 1. The van der Waals surface area contributed by atoms with Gasteiger partial charge in [-0.15, -0.1) is 0 Å². The van der Waals surface area contributed by atoms with Gasteiger partial charge in [-0.3, -0.25) is 4.79 Å². The molecule has 0 heterocycles. The van der Waals surface area contributed by atoms with E-state index in [-0.39, 0.29) is 29.9 Å². The average Bonchev–Trinajstić information content (AvgIpc) is 2.70. The third-order valence-electron chi connectivity index (χ3n) is 2.89. The number of hydrogen-bond donors (Lipinski definition) is 2. The predicted octanol–water partition coefficient (Wildman–Crippen LogP) is 0.920. The SMILES string of the molecule is CCC(CO)NC(=O)C1CC1(C)C. The first-order valence-electron chi connectivity index (χ1n) is 4.92. The van der Waals surface area contributed by atoms with Gasteiger partial charge in [0.2, 0.25) is 5.91 Å². The largest absolute Gasteiger partial charge is 0.394 e. The Morgan fingerprint density at radius 2 is 2.23 bits per heavy atom. The maximum absolute atomic E-state index is 11.5. The molecule has 2 atom stereocenters. The standard InChI is InChI=1S/C10H19NO2/c1-4-7(6-12)11-9(13)8-5-10(8,2)3/h7-8,12H,4-6H2,1-3H3,(H,11,13). The van der Waals surface area contributed by atoms with Crippen LogP contribution in [0.15, 0.2) is 0 Å². The number of hydrogen-bond acceptors (Lipinski definition) is 2. The zero-order valence-electron chi connectivity index (χ0n) is 8.63. The maximum Gasteiger partial charge on any atom is 0.223 e. The first-order chi connectivity index (χ1) is 6.01. The Labute approximate surface area is 79.5 Å². The van der Waals surface area contributed by atoms with Gasteiger partial charge in [-0.25, -0.2) is 0 Å². The lowest BCUT2D eigenvalue weighted by Crippen LogP contribution is -2.38. The summed E-state index contributed by atoms with van der Waals surface area (Å²) in [5.74, 6) is 0.263. The number of rotatable bonds is 4. The van der Waals surface area contributed by atoms with Crippen LogP contribution in [0.3, 0.4) is 0 Å². The fourth-order valence-electron chi connectivity index (χ4n) is 1.49. The highest BCUT2D eigenvalue weighted by atomic mass is 16.3. The zero-order valence-corrected chi connectivity index (χ0v) is 8.63. The van der Waals surface area contributed by atoms with Gasteiger partial charge in [0.1, 0.15) is 0 Å². The molecule has 0 bridgehead atoms. The van der Waals surface area contributed by atoms with Crippen LogP contribution in [0.2, 0.25) is 0 Å². The molecule has 1 aliphatic rings. The quantitative estimate of drug-likeness (QED) is 0.684. The highest BCUT2D eigenvalue weighted by Crippen LogP contribution is 2.51. The van der Waals surface area contributed by atoms with Crippen molar-refractivity contribution in [2.24, 2.45) is 11.3 Å². The summed E-state index contributed by atoms with van der Waals surface area (Å²) in [6.45, 7) is 6.18. The van der Waals surface area contributed by atoms with E-state index in [1.54, 1.807) is 0 Å². The van der Waals surface area contributed by atoms with Crippen molar-refractivity contribution in [2.45, 2.75) is 39.7 Å². The van der Waals surface area contributed by atoms with Gasteiger partial charge in [0.15, 0.2) is 0 Å². The molecule has 1 saturated carbocycles. The summed E-state index contributed by atoms with van der Waals surface area (Å²) in [5, 5.41) is 11.7. The highest BCUT2D eigenvalue weighted by Gasteiger charge is 2.50. The number of nitrogens with one attached hydrogen (secondary N) is 1. The van der Waals surface area contributed by atoms with Crippen molar-refractivity contribution >= 4 is 5.91 Å². The van der Waals surface area contributed by atoms with Crippen LogP contribution in [-0.2, 0) is 4.79 Å². The van der Waals surface area contributed by atoms with Crippen LogP contribution in [-0.4, -0.2) is 23.7 Å². The summed E-state index contributed by atoms with van der Waals surface area (Å²) in [6.07, 6.45) is 1.76. The Morgan fingerprint density at radius 1 is 1.69 bits per heavy atom. The van der Waals surface area contributed by atoms with Crippen molar-refractivity contribution < 1.29 is 9.90 Å². The molecule has 0 aliphatic heterocycles. The first-order valence-corrected chi connectivity index (χ1v) is 4.92. The van der Waals surface area contributed by atoms with E-state index in [4.69, 9.17) is 5.11 Å². The summed E-state index contributed by atoms with van der Waals surface area (Å²) < 4.78 is 0. The van der Waals surface area contributed by atoms with Gasteiger partial charge >= 0.3 is 0 Å². The lowest BCUT2D eigenvalue weighted by molar-refractivity contribution is -0.124. The van der Waals surface area contributed by atoms with Gasteiger partial charge in [0.25, 0.3) is 0 Å². The van der Waals surface area contributed by atoms with Crippen molar-refractivity contribution in [3.63, 3.8) is 0 Å². The van der Waals surface area contributed by atoms with E-state index in [0.29, 0.717) is 0 Å². The van der Waals surface area contributed by atoms with Gasteiger partial charge in [0, 0.05) is 5.92 Å². The molecule has 3 nitrogen and oxygen atoms in total. The van der Waals surface area contributed by atoms with Gasteiger partial charge in [-0.05, 0) is 18.3 Å². The molecule has 2 unspecified atom stereocenters. The molecule has 2 N–H and O–H groups in total. The first kappa shape index (κ1) is 10.5. The van der Waals surface area contributed by atoms with Crippen molar-refractivity contribution in [2.75, 3.05) is 6.61 Å². The number of amides is 1. The summed E-state index contributed by atoms with van der Waals surface area (Å²) in [7, 11) is 0. The molecular weight excluding hydrogens is 166 g/mol. The summed E-state index contributed by atoms with van der Waals surface area (Å²) in [6, 6.07) is -0.0658. The molecular formula is C10H19NO2. The number of aliphatic hydroxyl groups excluding tert-OH is 1. The van der Waals surface area contributed by atoms with E-state index in [1.807, 2.05) is 6.92 Å². The van der Waals surface area contributed by atoms with Crippen molar-refractivity contribution in [1.29, 1.82) is 0 Å². The summed E-state index contributed by atoms with van der Waals surface area (Å²) >= 11 is 0. The summed E-state index contributed by atoms with van der Waals surface area (Å²) in [5.41, 5.74) is 0.178. The second-order valence-electron chi connectivity index (χ2n) is 4.54. The van der Waals surface area contributed by atoms with Gasteiger partial charge in [-0.2, -0.15) is 0 Å². The molecule has 76 valence electrons. The van der Waals surface area contributed by atoms with Gasteiger partial charge in [0.05, 0.1) is 12.6 Å². The average molecular weight is 185 g/mol. The maximum atomic E-state index is 11.5. The van der Waals surface area contributed by atoms with Crippen molar-refractivity contribution in [3.05, 3.63) is 0 Å². The van der Waals surface area contributed by atoms with Gasteiger partial charge < -0.3 is 10.4 Å². The second-order valence-corrected chi connectivity index (χ2v) is 4.54. The number of aliphatic hydroxyl groups is 1. The van der Waals surface area contributed by atoms with E-state index in [0.717, 1.165) is 12.8 Å². The molecule has 13 heavy (non-hydrogen) atoms. The fraction of sp³-hybridized carbons (Fsp3) is 0.900. The summed E-state index contributed by atoms with van der Waals surface area (Å²) in [4.78, 5) is 11.5. The molecule has 0 saturated heterocycles. The van der Waals surface area contributed by atoms with Gasteiger partial charge in [-0.1, -0.05) is 20.8 Å². The minimum atomic E-state index is -0.0658. The van der Waals surface area contributed by atoms with Crippen LogP contribution in [0.1, 0.15) is 33.6 Å². The predicted molar refractivity (Wildman–Crippen MR) is 51.2 cm³/mol. The molecule has 1 aliphatic carbocycles. The van der Waals surface area contributed by atoms with Crippen LogP contribution in [0, 0.1) is 11.3 Å². The zero-order chi connectivity index (χ0) is 10.1. The molecule has 3 heteroatoms. The van der Waals surface area contributed by atoms with E-state index < -0.39 is 0 Å². The molecule has 1 rings (SSSR count). The third kappa shape index (κ3) is 2.44. The van der Waals surface area contributed by atoms with E-state index in [9.17, 15) is 4.79 Å². The smallest absolute Gasteiger partial charge is 0.223 e. The molecule has 0 aromatic heterocycles. The lowest BCUT2D eigenvalue weighted by Gasteiger charge is -2.14. The minimum Gasteiger partial charge on any atom is -0.394 e. The minimum absolute atomic E-state index is 0.0371. The Hall–Kier alpha value is -0.570. The Bertz CT molecular complexity index is 197. The number of carbonyl (C=O) groups is 1. The second kappa shape index (κ2) is 3.66. The molecule has 0 radical (unpaired) electrons. The van der Waals surface area contributed by atoms with Crippen molar-refractivity contribution in [3.8, 4) is 0 Å². The van der Waals surface area contributed by atoms with E-state index in [1.165, 1.54) is 0 Å². The van der Waals surface area contributed by atoms with E-state index >= 15 is 0 Å². The normalized spacial score (nSPS) is 26.6. The van der Waals surface area contributed by atoms with Crippen LogP contribution in [0.4, 0.5) is 0 Å². The van der Waals surface area contributed by atoms with Crippen molar-refractivity contribution in [1.82, 2.24) is 5.32 Å². The molecule has 1 fully saturated rings. The Morgan fingerprint density at radius 3 is 2.54 bits per heavy atom. The highest BCUT2D eigenvalue weighted by molar-refractivity contribution is 5.82. The topological polar surface area (TPSA) is 49.3 Å². The van der Waals surface area contributed by atoms with Crippen LogP contribution >= 0.6 is 0 Å². The molecule has 0 spiro atoms. The van der Waals surface area contributed by atoms with Crippen LogP contribution in [0.25, 0.3) is 0 Å². The molecule has 1 amide bonds. The van der Waals surface area contributed by atoms with Crippen LogP contribution < -0.4 is 5.32 Å². The van der Waals surface area contributed by atoms with E-state index in [2.05, 4.69) is 19.2 Å².